The quantitative estimate of drug-likeness (QED) is 0.263. The molecule has 0 aromatic heterocycles. The number of hydrogen-bond acceptors (Lipinski definition) is 5. The second kappa shape index (κ2) is 14.3. The molecule has 12 heteroatoms. The molecular weight excluding hydrogens is 663 g/mol. The van der Waals surface area contributed by atoms with Crippen LogP contribution >= 0.6 is 0 Å². The maximum Gasteiger partial charge on any atom is 0.453 e. The van der Waals surface area contributed by atoms with Crippen LogP contribution in [0.3, 0.4) is 0 Å². The van der Waals surface area contributed by atoms with Gasteiger partial charge in [-0.25, -0.2) is 4.79 Å². The van der Waals surface area contributed by atoms with Crippen LogP contribution in [0.5, 0.6) is 5.75 Å². The highest BCUT2D eigenvalue weighted by molar-refractivity contribution is 7.84. The third-order valence-corrected chi connectivity index (χ3v) is 14.9. The number of rotatable bonds is 9. The molecule has 4 fully saturated rings. The molecule has 0 radical (unpaired) electrons. The number of aliphatic hydroxyl groups is 1. The summed E-state index contributed by atoms with van der Waals surface area (Å²) in [6.45, 7) is 5.83. The van der Waals surface area contributed by atoms with Crippen LogP contribution in [-0.4, -0.2) is 88.1 Å². The molecule has 2 heterocycles. The van der Waals surface area contributed by atoms with Crippen molar-refractivity contribution in [3.63, 3.8) is 0 Å². The Bertz CT molecular complexity index is 1360. The number of carbonyl (C=O) groups is 1. The van der Waals surface area contributed by atoms with Gasteiger partial charge in [-0.3, -0.25) is 4.21 Å². The molecular formula is C37H53F5N2O4S. The van der Waals surface area contributed by atoms with Gasteiger partial charge >= 0.3 is 18.2 Å². The Hall–Kier alpha value is -1.79. The fraction of sp³-hybridized carbons (Fsp3) is 0.811. The minimum Gasteiger partial charge on any atom is -0.410 e. The predicted octanol–water partition coefficient (Wildman–Crippen LogP) is 7.94. The molecule has 2 aliphatic heterocycles. The molecule has 1 aromatic carbocycles. The second-order valence-corrected chi connectivity index (χ2v) is 17.9. The fourth-order valence-electron chi connectivity index (χ4n) is 10.2. The van der Waals surface area contributed by atoms with E-state index in [1.165, 1.54) is 18.4 Å². The first-order valence-corrected chi connectivity index (χ1v) is 19.9. The highest BCUT2D eigenvalue weighted by Crippen LogP contribution is 2.62. The van der Waals surface area contributed by atoms with Gasteiger partial charge < -0.3 is 19.6 Å². The molecule has 2 saturated carbocycles. The molecule has 2 saturated heterocycles. The van der Waals surface area contributed by atoms with Crippen molar-refractivity contribution in [2.24, 2.45) is 28.6 Å². The first-order chi connectivity index (χ1) is 23.1. The number of alkyl halides is 5. The van der Waals surface area contributed by atoms with Gasteiger partial charge in [0.15, 0.2) is 0 Å². The molecule has 1 spiro atoms. The van der Waals surface area contributed by atoms with Gasteiger partial charge in [-0.1, -0.05) is 13.0 Å². The largest absolute Gasteiger partial charge is 0.453 e. The Labute approximate surface area is 290 Å². The molecule has 1 unspecified atom stereocenters. The number of hydrogen-bond donors (Lipinski definition) is 1. The number of amides is 1. The van der Waals surface area contributed by atoms with Crippen molar-refractivity contribution in [2.45, 2.75) is 115 Å². The fourth-order valence-corrected chi connectivity index (χ4v) is 11.4. The standard InChI is InChI=1S/C37H53F5N2O4S/c1-34-12-10-29-28-7-6-27(48-33(46)44-19-15-35(16-20-44)13-17-43(2)18-14-35)24-26(28)23-25(32(29)30(34)8-9-31(34)45)5-3-21-49(47)22-4-11-36(38,39)37(40,41)42/h6-7,24-25,29-32,45H,3-5,8-23H2,1-2H3/t25-,29-,30+,31+,32-,34+,49?/m1/s1. The normalized spacial score (nSPS) is 32.3. The summed E-state index contributed by atoms with van der Waals surface area (Å²) in [6.07, 6.45) is 2.03. The maximum absolute atomic E-state index is 13.3. The van der Waals surface area contributed by atoms with E-state index >= 15 is 0 Å². The Balaban J connectivity index is 1.10. The molecule has 3 aliphatic carbocycles. The molecule has 6 nitrogen and oxygen atoms in total. The zero-order valence-electron chi connectivity index (χ0n) is 28.9. The first-order valence-electron chi connectivity index (χ1n) is 18.4. The van der Waals surface area contributed by atoms with Gasteiger partial charge in [-0.2, -0.15) is 22.0 Å². The average Bonchev–Trinajstić information content (AvgIpc) is 3.35. The number of halogens is 5. The summed E-state index contributed by atoms with van der Waals surface area (Å²) in [5.74, 6) is -2.94. The lowest BCUT2D eigenvalue weighted by atomic mass is 9.52. The monoisotopic (exact) mass is 716 g/mol. The number of carbonyl (C=O) groups excluding carboxylic acids is 1. The van der Waals surface area contributed by atoms with Crippen molar-refractivity contribution in [3.8, 4) is 5.75 Å². The number of ether oxygens (including phenoxy) is 1. The number of benzene rings is 1. The van der Waals surface area contributed by atoms with E-state index < -0.39 is 35.7 Å². The number of piperidine rings is 2. The third-order valence-electron chi connectivity index (χ3n) is 13.4. The van der Waals surface area contributed by atoms with Crippen molar-refractivity contribution < 1.29 is 40.8 Å². The smallest absolute Gasteiger partial charge is 0.410 e. The molecule has 7 atom stereocenters. The number of nitrogens with zero attached hydrogens (tertiary/aromatic N) is 2. The molecule has 6 rings (SSSR count). The summed E-state index contributed by atoms with van der Waals surface area (Å²) >= 11 is 0. The minimum atomic E-state index is -5.59. The Morgan fingerprint density at radius 1 is 0.980 bits per heavy atom. The minimum absolute atomic E-state index is 0.153. The molecule has 276 valence electrons. The molecule has 1 N–H and O–H groups in total. The Morgan fingerprint density at radius 3 is 2.35 bits per heavy atom. The lowest BCUT2D eigenvalue weighted by Gasteiger charge is -2.53. The van der Waals surface area contributed by atoms with Crippen LogP contribution in [0.2, 0.25) is 0 Å². The van der Waals surface area contributed by atoms with Gasteiger partial charge in [0.05, 0.1) is 6.10 Å². The zero-order valence-corrected chi connectivity index (χ0v) is 29.7. The summed E-state index contributed by atoms with van der Waals surface area (Å²) < 4.78 is 82.8. The van der Waals surface area contributed by atoms with E-state index in [9.17, 15) is 36.1 Å². The molecule has 1 aromatic rings. The van der Waals surface area contributed by atoms with Gasteiger partial charge in [-0.05, 0) is 155 Å². The summed E-state index contributed by atoms with van der Waals surface area (Å²) in [7, 11) is 0.680. The number of fused-ring (bicyclic) bond motifs is 5. The number of aliphatic hydroxyl groups excluding tert-OH is 1. The zero-order chi connectivity index (χ0) is 35.2. The van der Waals surface area contributed by atoms with E-state index in [0.29, 0.717) is 48.4 Å². The second-order valence-electron chi connectivity index (χ2n) is 16.2. The van der Waals surface area contributed by atoms with Crippen molar-refractivity contribution in [2.75, 3.05) is 44.7 Å². The lowest BCUT2D eigenvalue weighted by Crippen LogP contribution is -2.48. The lowest BCUT2D eigenvalue weighted by molar-refractivity contribution is -0.284. The SMILES string of the molecule is CN1CCC2(CC1)CCN(C(=O)Oc1ccc3c(c1)C[C@@H](CCCS(=O)CCCC(F)(F)C(F)(F)F)[C@@H]1[C@@H]3CC[C@]3(C)[C@@H](O)CC[C@@H]13)CC2. The van der Waals surface area contributed by atoms with E-state index in [2.05, 4.69) is 24.9 Å². The topological polar surface area (TPSA) is 70.1 Å². The van der Waals surface area contributed by atoms with Crippen LogP contribution in [0.4, 0.5) is 26.7 Å². The summed E-state index contributed by atoms with van der Waals surface area (Å²) in [6, 6.07) is 6.05. The van der Waals surface area contributed by atoms with Crippen LogP contribution in [-0.2, 0) is 17.2 Å². The van der Waals surface area contributed by atoms with Gasteiger partial charge in [0, 0.05) is 41.8 Å². The van der Waals surface area contributed by atoms with Crippen molar-refractivity contribution in [1.82, 2.24) is 9.80 Å². The highest BCUT2D eigenvalue weighted by Gasteiger charge is 2.57. The van der Waals surface area contributed by atoms with Gasteiger partial charge in [0.2, 0.25) is 0 Å². The average molecular weight is 717 g/mol. The number of likely N-dealkylation sites (tertiary alicyclic amines) is 2. The van der Waals surface area contributed by atoms with E-state index in [4.69, 9.17) is 4.74 Å². The molecule has 49 heavy (non-hydrogen) atoms. The van der Waals surface area contributed by atoms with Gasteiger partial charge in [-0.15, -0.1) is 0 Å². The van der Waals surface area contributed by atoms with Crippen molar-refractivity contribution in [1.29, 1.82) is 0 Å². The van der Waals surface area contributed by atoms with Crippen LogP contribution in [0.15, 0.2) is 18.2 Å². The van der Waals surface area contributed by atoms with Crippen molar-refractivity contribution >= 4 is 16.9 Å². The predicted molar refractivity (Wildman–Crippen MR) is 179 cm³/mol. The van der Waals surface area contributed by atoms with E-state index in [1.54, 1.807) is 0 Å². The van der Waals surface area contributed by atoms with Crippen LogP contribution in [0.25, 0.3) is 0 Å². The van der Waals surface area contributed by atoms with E-state index in [-0.39, 0.29) is 35.0 Å². The van der Waals surface area contributed by atoms with Crippen LogP contribution in [0, 0.1) is 28.6 Å². The highest BCUT2D eigenvalue weighted by atomic mass is 32.2. The molecule has 0 bridgehead atoms. The van der Waals surface area contributed by atoms with Gasteiger partial charge in [0.25, 0.3) is 0 Å². The van der Waals surface area contributed by atoms with E-state index in [1.807, 2.05) is 17.0 Å². The van der Waals surface area contributed by atoms with Crippen LogP contribution in [0.1, 0.15) is 101 Å². The summed E-state index contributed by atoms with van der Waals surface area (Å²) in [5, 5.41) is 11.0. The third kappa shape index (κ3) is 7.71. The Morgan fingerprint density at radius 2 is 1.65 bits per heavy atom. The molecule has 5 aliphatic rings. The first kappa shape index (κ1) is 37.0. The van der Waals surface area contributed by atoms with Gasteiger partial charge in [0.1, 0.15) is 5.75 Å². The van der Waals surface area contributed by atoms with Crippen molar-refractivity contribution in [3.05, 3.63) is 29.3 Å². The van der Waals surface area contributed by atoms with Crippen LogP contribution < -0.4 is 4.74 Å². The summed E-state index contributed by atoms with van der Waals surface area (Å²) in [4.78, 5) is 17.5. The molecule has 1 amide bonds. The summed E-state index contributed by atoms with van der Waals surface area (Å²) in [5.41, 5.74) is 2.61. The maximum atomic E-state index is 13.3. The van der Waals surface area contributed by atoms with E-state index in [0.717, 1.165) is 70.0 Å². The Kier molecular flexibility index (Phi) is 10.8.